The van der Waals surface area contributed by atoms with Gasteiger partial charge in [0.1, 0.15) is 18.1 Å². The SMILES string of the molecule is O=C(CCC1CCOC1)c1cc(COc2ccccc2Cl)on1. The summed E-state index contributed by atoms with van der Waals surface area (Å²) in [5.41, 5.74) is 0.349. The van der Waals surface area contributed by atoms with Crippen molar-refractivity contribution in [3.05, 3.63) is 46.8 Å². The summed E-state index contributed by atoms with van der Waals surface area (Å²) in [7, 11) is 0. The maximum atomic E-state index is 12.1. The van der Waals surface area contributed by atoms with E-state index in [1.165, 1.54) is 0 Å². The fraction of sp³-hybridized carbons (Fsp3) is 0.412. The Kier molecular flexibility index (Phi) is 5.31. The lowest BCUT2D eigenvalue weighted by atomic mass is 10.00. The molecule has 0 N–H and O–H groups in total. The summed E-state index contributed by atoms with van der Waals surface area (Å²) in [5, 5.41) is 4.36. The van der Waals surface area contributed by atoms with E-state index in [0.29, 0.717) is 34.6 Å². The highest BCUT2D eigenvalue weighted by atomic mass is 35.5. The normalized spacial score (nSPS) is 17.3. The summed E-state index contributed by atoms with van der Waals surface area (Å²) >= 11 is 6.01. The van der Waals surface area contributed by atoms with E-state index in [0.717, 1.165) is 26.1 Å². The summed E-state index contributed by atoms with van der Waals surface area (Å²) in [4.78, 5) is 12.1. The lowest BCUT2D eigenvalue weighted by molar-refractivity contribution is 0.0962. The number of para-hydroxylation sites is 1. The fourth-order valence-corrected chi connectivity index (χ4v) is 2.69. The van der Waals surface area contributed by atoms with Crippen LogP contribution in [0.5, 0.6) is 5.75 Å². The van der Waals surface area contributed by atoms with Crippen LogP contribution < -0.4 is 4.74 Å². The van der Waals surface area contributed by atoms with Gasteiger partial charge < -0.3 is 14.0 Å². The Morgan fingerprint density at radius 2 is 2.26 bits per heavy atom. The molecule has 0 bridgehead atoms. The van der Waals surface area contributed by atoms with Crippen LogP contribution in [0.25, 0.3) is 0 Å². The average Bonchev–Trinajstić information content (AvgIpc) is 3.23. The highest BCUT2D eigenvalue weighted by Gasteiger charge is 2.19. The van der Waals surface area contributed by atoms with Crippen molar-refractivity contribution in [1.82, 2.24) is 5.16 Å². The Morgan fingerprint density at radius 1 is 1.39 bits per heavy atom. The zero-order valence-corrected chi connectivity index (χ0v) is 13.4. The molecule has 3 rings (SSSR count). The molecular formula is C17H18ClNO4. The molecule has 2 aromatic rings. The van der Waals surface area contributed by atoms with Crippen LogP contribution in [0.15, 0.2) is 34.9 Å². The molecule has 0 radical (unpaired) electrons. The first-order chi connectivity index (χ1) is 11.2. The molecule has 23 heavy (non-hydrogen) atoms. The molecule has 5 nitrogen and oxygen atoms in total. The van der Waals surface area contributed by atoms with Crippen molar-refractivity contribution in [2.24, 2.45) is 5.92 Å². The van der Waals surface area contributed by atoms with Crippen molar-refractivity contribution in [3.63, 3.8) is 0 Å². The van der Waals surface area contributed by atoms with E-state index in [1.54, 1.807) is 18.2 Å². The minimum absolute atomic E-state index is 0.00959. The molecule has 1 aliphatic heterocycles. The van der Waals surface area contributed by atoms with E-state index in [1.807, 2.05) is 12.1 Å². The van der Waals surface area contributed by atoms with Crippen LogP contribution in [-0.4, -0.2) is 24.2 Å². The number of hydrogen-bond acceptors (Lipinski definition) is 5. The van der Waals surface area contributed by atoms with Crippen LogP contribution in [0.3, 0.4) is 0 Å². The van der Waals surface area contributed by atoms with Gasteiger partial charge in [-0.2, -0.15) is 0 Å². The fourth-order valence-electron chi connectivity index (χ4n) is 2.50. The molecule has 6 heteroatoms. The van der Waals surface area contributed by atoms with E-state index in [9.17, 15) is 4.79 Å². The van der Waals surface area contributed by atoms with Crippen LogP contribution >= 0.6 is 11.6 Å². The predicted molar refractivity (Wildman–Crippen MR) is 84.8 cm³/mol. The first-order valence-corrected chi connectivity index (χ1v) is 8.04. The Labute approximate surface area is 139 Å². The summed E-state index contributed by atoms with van der Waals surface area (Å²) in [6, 6.07) is 8.82. The Morgan fingerprint density at radius 3 is 3.04 bits per heavy atom. The highest BCUT2D eigenvalue weighted by molar-refractivity contribution is 6.32. The van der Waals surface area contributed by atoms with Crippen molar-refractivity contribution < 1.29 is 18.8 Å². The number of Topliss-reactive ketones (excluding diaryl/α,β-unsaturated/α-hetero) is 1. The average molecular weight is 336 g/mol. The summed E-state index contributed by atoms with van der Waals surface area (Å²) in [6.45, 7) is 1.73. The van der Waals surface area contributed by atoms with E-state index < -0.39 is 0 Å². The van der Waals surface area contributed by atoms with E-state index >= 15 is 0 Å². The van der Waals surface area contributed by atoms with Crippen LogP contribution in [0.1, 0.15) is 35.5 Å². The van der Waals surface area contributed by atoms with Gasteiger partial charge in [-0.3, -0.25) is 4.79 Å². The number of halogens is 1. The molecule has 0 amide bonds. The summed E-state index contributed by atoms with van der Waals surface area (Å²) in [6.07, 6.45) is 2.32. The molecule has 0 spiro atoms. The van der Waals surface area contributed by atoms with Gasteiger partial charge in [0.05, 0.1) is 5.02 Å². The number of carbonyl (C=O) groups excluding carboxylic acids is 1. The van der Waals surface area contributed by atoms with Crippen LogP contribution in [0.2, 0.25) is 5.02 Å². The molecule has 1 saturated heterocycles. The van der Waals surface area contributed by atoms with Crippen LogP contribution in [0, 0.1) is 5.92 Å². The second-order valence-corrected chi connectivity index (χ2v) is 6.00. The number of benzene rings is 1. The number of aromatic nitrogens is 1. The lowest BCUT2D eigenvalue weighted by Gasteiger charge is -2.04. The lowest BCUT2D eigenvalue weighted by Crippen LogP contribution is -2.05. The van der Waals surface area contributed by atoms with Crippen LogP contribution in [0.4, 0.5) is 0 Å². The highest BCUT2D eigenvalue weighted by Crippen LogP contribution is 2.24. The number of rotatable bonds is 7. The topological polar surface area (TPSA) is 61.6 Å². The molecule has 1 atom stereocenters. The van der Waals surface area contributed by atoms with Gasteiger partial charge in [-0.05, 0) is 30.9 Å². The molecule has 1 aromatic heterocycles. The number of ether oxygens (including phenoxy) is 2. The minimum atomic E-state index is -0.00959. The summed E-state index contributed by atoms with van der Waals surface area (Å²) in [5.74, 6) is 1.54. The molecular weight excluding hydrogens is 318 g/mol. The molecule has 0 aliphatic carbocycles. The number of ketones is 1. The Hall–Kier alpha value is -1.85. The predicted octanol–water partition coefficient (Wildman–Crippen LogP) is 3.91. The van der Waals surface area contributed by atoms with Gasteiger partial charge >= 0.3 is 0 Å². The second-order valence-electron chi connectivity index (χ2n) is 5.59. The van der Waals surface area contributed by atoms with Gasteiger partial charge in [-0.1, -0.05) is 28.9 Å². The largest absolute Gasteiger partial charge is 0.484 e. The third kappa shape index (κ3) is 4.33. The van der Waals surface area contributed by atoms with Crippen molar-refractivity contribution >= 4 is 17.4 Å². The van der Waals surface area contributed by atoms with Crippen molar-refractivity contribution in [2.45, 2.75) is 25.9 Å². The van der Waals surface area contributed by atoms with Crippen molar-refractivity contribution in [3.8, 4) is 5.75 Å². The van der Waals surface area contributed by atoms with E-state index in [-0.39, 0.29) is 12.4 Å². The smallest absolute Gasteiger partial charge is 0.184 e. The monoisotopic (exact) mass is 335 g/mol. The minimum Gasteiger partial charge on any atom is -0.484 e. The van der Waals surface area contributed by atoms with Gasteiger partial charge in [0.2, 0.25) is 0 Å². The van der Waals surface area contributed by atoms with Gasteiger partial charge in [0, 0.05) is 25.7 Å². The maximum Gasteiger partial charge on any atom is 0.184 e. The van der Waals surface area contributed by atoms with Gasteiger partial charge in [-0.25, -0.2) is 0 Å². The summed E-state index contributed by atoms with van der Waals surface area (Å²) < 4.78 is 16.0. The zero-order chi connectivity index (χ0) is 16.1. The standard InChI is InChI=1S/C17H18ClNO4/c18-14-3-1-2-4-17(14)22-11-13-9-15(19-23-13)16(20)6-5-12-7-8-21-10-12/h1-4,9,12H,5-8,10-11H2. The Balaban J connectivity index is 1.51. The first-order valence-electron chi connectivity index (χ1n) is 7.66. The number of carbonyl (C=O) groups is 1. The van der Waals surface area contributed by atoms with Gasteiger partial charge in [0.15, 0.2) is 11.5 Å². The van der Waals surface area contributed by atoms with Crippen LogP contribution in [-0.2, 0) is 11.3 Å². The van der Waals surface area contributed by atoms with Crippen molar-refractivity contribution in [2.75, 3.05) is 13.2 Å². The number of hydrogen-bond donors (Lipinski definition) is 0. The first kappa shape index (κ1) is 16.0. The van der Waals surface area contributed by atoms with Gasteiger partial charge in [0.25, 0.3) is 0 Å². The molecule has 2 heterocycles. The molecule has 0 saturated carbocycles. The zero-order valence-electron chi connectivity index (χ0n) is 12.7. The van der Waals surface area contributed by atoms with E-state index in [4.69, 9.17) is 25.6 Å². The quantitative estimate of drug-likeness (QED) is 0.718. The maximum absolute atomic E-state index is 12.1. The van der Waals surface area contributed by atoms with E-state index in [2.05, 4.69) is 5.16 Å². The van der Waals surface area contributed by atoms with Gasteiger partial charge in [-0.15, -0.1) is 0 Å². The molecule has 122 valence electrons. The number of nitrogens with zero attached hydrogens (tertiary/aromatic N) is 1. The molecule has 1 aromatic carbocycles. The molecule has 1 unspecified atom stereocenters. The van der Waals surface area contributed by atoms with Crippen molar-refractivity contribution in [1.29, 1.82) is 0 Å². The Bertz CT molecular complexity index is 664. The molecule has 1 fully saturated rings. The third-order valence-corrected chi connectivity index (χ3v) is 4.17. The third-order valence-electron chi connectivity index (χ3n) is 3.85. The molecule has 1 aliphatic rings. The second kappa shape index (κ2) is 7.62.